The highest BCUT2D eigenvalue weighted by molar-refractivity contribution is 5.89. The molecule has 1 aromatic heterocycles. The highest BCUT2D eigenvalue weighted by Gasteiger charge is 2.37. The monoisotopic (exact) mass is 450 g/mol. The zero-order valence-corrected chi connectivity index (χ0v) is 18.7. The lowest BCUT2D eigenvalue weighted by Gasteiger charge is -2.40. The minimum Gasteiger partial charge on any atom is -0.384 e. The van der Waals surface area contributed by atoms with Gasteiger partial charge < -0.3 is 19.9 Å². The smallest absolute Gasteiger partial charge is 0.384 e. The first-order chi connectivity index (χ1) is 15.0. The van der Waals surface area contributed by atoms with E-state index in [2.05, 4.69) is 24.1 Å². The number of nitrogens with one attached hydrogen (secondary N) is 1. The number of anilines is 2. The molecule has 2 amide bonds. The van der Waals surface area contributed by atoms with Crippen molar-refractivity contribution >= 4 is 17.5 Å². The Morgan fingerprint density at radius 3 is 2.47 bits per heavy atom. The molecular weight excluding hydrogens is 421 g/mol. The first-order valence-electron chi connectivity index (χ1n) is 10.5. The van der Waals surface area contributed by atoms with Gasteiger partial charge in [0.25, 0.3) is 0 Å². The third kappa shape index (κ3) is 5.32. The molecule has 1 unspecified atom stereocenters. The van der Waals surface area contributed by atoms with Crippen LogP contribution in [0, 0.1) is 0 Å². The molecule has 0 bridgehead atoms. The number of carbonyl (C=O) groups excluding carboxylic acids is 1. The molecule has 1 aromatic carbocycles. The highest BCUT2D eigenvalue weighted by atomic mass is 19.4. The molecule has 1 atom stereocenters. The number of piperazine rings is 1. The number of hydrogen-bond acceptors (Lipinski definition) is 4. The van der Waals surface area contributed by atoms with Gasteiger partial charge in [-0.25, -0.2) is 9.78 Å². The van der Waals surface area contributed by atoms with Crippen LogP contribution in [0.1, 0.15) is 31.9 Å². The number of methoxy groups -OCH3 is 1. The molecule has 32 heavy (non-hydrogen) atoms. The van der Waals surface area contributed by atoms with Gasteiger partial charge in [-0.1, -0.05) is 26.0 Å². The van der Waals surface area contributed by atoms with Crippen LogP contribution < -0.4 is 10.2 Å². The number of ether oxygens (including phenoxy) is 1. The van der Waals surface area contributed by atoms with E-state index in [1.165, 1.54) is 12.3 Å². The number of hydrogen-bond donors (Lipinski definition) is 1. The van der Waals surface area contributed by atoms with Crippen molar-refractivity contribution in [3.63, 3.8) is 0 Å². The quantitative estimate of drug-likeness (QED) is 0.713. The number of urea groups is 1. The van der Waals surface area contributed by atoms with Crippen LogP contribution in [-0.4, -0.2) is 55.3 Å². The number of benzene rings is 1. The van der Waals surface area contributed by atoms with Gasteiger partial charge in [0.05, 0.1) is 12.2 Å². The van der Waals surface area contributed by atoms with Gasteiger partial charge in [0, 0.05) is 50.1 Å². The Bertz CT molecular complexity index is 932. The van der Waals surface area contributed by atoms with Crippen LogP contribution in [0.2, 0.25) is 0 Å². The largest absolute Gasteiger partial charge is 0.419 e. The fraction of sp³-hybridized carbons (Fsp3) is 0.478. The maximum Gasteiger partial charge on any atom is 0.419 e. The van der Waals surface area contributed by atoms with E-state index in [1.54, 1.807) is 16.9 Å². The zero-order chi connectivity index (χ0) is 23.5. The average molecular weight is 451 g/mol. The van der Waals surface area contributed by atoms with Crippen molar-refractivity contribution in [3.05, 3.63) is 53.7 Å². The predicted molar refractivity (Wildman–Crippen MR) is 118 cm³/mol. The van der Waals surface area contributed by atoms with E-state index in [9.17, 15) is 18.0 Å². The summed E-state index contributed by atoms with van der Waals surface area (Å²) in [7, 11) is 1.66. The van der Waals surface area contributed by atoms with Gasteiger partial charge in [-0.15, -0.1) is 0 Å². The molecule has 1 aliphatic rings. The summed E-state index contributed by atoms with van der Waals surface area (Å²) in [6.07, 6.45) is -3.13. The maximum atomic E-state index is 13.3. The fourth-order valence-electron chi connectivity index (χ4n) is 3.97. The van der Waals surface area contributed by atoms with Crippen LogP contribution in [0.5, 0.6) is 0 Å². The lowest BCUT2D eigenvalue weighted by molar-refractivity contribution is -0.137. The first-order valence-corrected chi connectivity index (χ1v) is 10.5. The fourth-order valence-corrected chi connectivity index (χ4v) is 3.97. The summed E-state index contributed by atoms with van der Waals surface area (Å²) < 4.78 is 45.3. The van der Waals surface area contributed by atoms with Gasteiger partial charge in [-0.05, 0) is 36.8 Å². The second-order valence-electron chi connectivity index (χ2n) is 8.69. The number of pyridine rings is 1. The summed E-state index contributed by atoms with van der Waals surface area (Å²) in [5.41, 5.74) is 0.838. The summed E-state index contributed by atoms with van der Waals surface area (Å²) in [4.78, 5) is 20.0. The van der Waals surface area contributed by atoms with Crippen molar-refractivity contribution in [2.24, 2.45) is 0 Å². The number of halogens is 3. The molecule has 9 heteroatoms. The third-order valence-electron chi connectivity index (χ3n) is 5.70. The Labute approximate surface area is 186 Å². The maximum absolute atomic E-state index is 13.3. The van der Waals surface area contributed by atoms with Gasteiger partial charge in [0.2, 0.25) is 0 Å². The molecule has 1 fully saturated rings. The van der Waals surface area contributed by atoms with E-state index < -0.39 is 11.7 Å². The molecular formula is C23H29F3N4O2. The second-order valence-corrected chi connectivity index (χ2v) is 8.69. The Hall–Kier alpha value is -2.81. The van der Waals surface area contributed by atoms with Crippen LogP contribution in [0.15, 0.2) is 42.6 Å². The van der Waals surface area contributed by atoms with Crippen molar-refractivity contribution in [1.82, 2.24) is 9.88 Å². The summed E-state index contributed by atoms with van der Waals surface area (Å²) in [5.74, 6) is -0.0961. The molecule has 1 aliphatic heterocycles. The van der Waals surface area contributed by atoms with E-state index in [1.807, 2.05) is 31.2 Å². The third-order valence-corrected chi connectivity index (χ3v) is 5.70. The number of nitrogens with zero attached hydrogens (tertiary/aromatic N) is 3. The zero-order valence-electron chi connectivity index (χ0n) is 18.7. The van der Waals surface area contributed by atoms with E-state index in [0.29, 0.717) is 18.8 Å². The Balaban J connectivity index is 1.65. The van der Waals surface area contributed by atoms with Crippen LogP contribution in [-0.2, 0) is 16.3 Å². The van der Waals surface area contributed by atoms with Gasteiger partial charge >= 0.3 is 12.2 Å². The van der Waals surface area contributed by atoms with Gasteiger partial charge in [0.15, 0.2) is 0 Å². The molecule has 3 rings (SSSR count). The number of amides is 2. The minimum absolute atomic E-state index is 0.0961. The van der Waals surface area contributed by atoms with E-state index in [-0.39, 0.29) is 36.4 Å². The Morgan fingerprint density at radius 1 is 1.19 bits per heavy atom. The molecule has 174 valence electrons. The van der Waals surface area contributed by atoms with Crippen LogP contribution in [0.4, 0.5) is 29.5 Å². The highest BCUT2D eigenvalue weighted by Crippen LogP contribution is 2.35. The lowest BCUT2D eigenvalue weighted by atomic mass is 9.85. The van der Waals surface area contributed by atoms with Crippen molar-refractivity contribution in [2.45, 2.75) is 38.4 Å². The average Bonchev–Trinajstić information content (AvgIpc) is 2.73. The topological polar surface area (TPSA) is 57.7 Å². The molecule has 6 nitrogen and oxygen atoms in total. The molecule has 2 aromatic rings. The van der Waals surface area contributed by atoms with Gasteiger partial charge in [-0.2, -0.15) is 13.2 Å². The molecule has 1 saturated heterocycles. The Morgan fingerprint density at radius 2 is 1.88 bits per heavy atom. The molecule has 0 saturated carbocycles. The van der Waals surface area contributed by atoms with E-state index >= 15 is 0 Å². The molecule has 0 aliphatic carbocycles. The lowest BCUT2D eigenvalue weighted by Crippen LogP contribution is -2.55. The number of rotatable bonds is 5. The standard InChI is InChI=1S/C23H29F3N4O2/c1-16-14-29(20-19(23(24,25)26)6-5-11-27-20)12-13-30(16)21(31)28-18-9-7-17(8-10-18)22(2,3)15-32-4/h5-11,16H,12-15H2,1-4H3,(H,28,31). The summed E-state index contributed by atoms with van der Waals surface area (Å²) in [6.45, 7) is 7.37. The van der Waals surface area contributed by atoms with Gasteiger partial charge in [0.1, 0.15) is 5.82 Å². The van der Waals surface area contributed by atoms with Crippen LogP contribution in [0.25, 0.3) is 0 Å². The van der Waals surface area contributed by atoms with Crippen molar-refractivity contribution in [2.75, 3.05) is 43.6 Å². The SMILES string of the molecule is COCC(C)(C)c1ccc(NC(=O)N2CCN(c3ncccc3C(F)(F)F)CC2C)cc1. The van der Waals surface area contributed by atoms with Crippen LogP contribution in [0.3, 0.4) is 0 Å². The van der Waals surface area contributed by atoms with Crippen molar-refractivity contribution < 1.29 is 22.7 Å². The van der Waals surface area contributed by atoms with Crippen molar-refractivity contribution in [1.29, 1.82) is 0 Å². The molecule has 2 heterocycles. The summed E-state index contributed by atoms with van der Waals surface area (Å²) >= 11 is 0. The first kappa shape index (κ1) is 23.8. The summed E-state index contributed by atoms with van der Waals surface area (Å²) in [6, 6.07) is 9.34. The van der Waals surface area contributed by atoms with Crippen LogP contribution >= 0.6 is 0 Å². The molecule has 0 spiro atoms. The number of alkyl halides is 3. The normalized spacial score (nSPS) is 17.4. The number of carbonyl (C=O) groups is 1. The predicted octanol–water partition coefficient (Wildman–Crippen LogP) is 4.77. The molecule has 1 N–H and O–H groups in total. The second kappa shape index (κ2) is 9.36. The summed E-state index contributed by atoms with van der Waals surface area (Å²) in [5, 5.41) is 2.88. The van der Waals surface area contributed by atoms with Crippen molar-refractivity contribution in [3.8, 4) is 0 Å². The molecule has 0 radical (unpaired) electrons. The minimum atomic E-state index is -4.48. The van der Waals surface area contributed by atoms with E-state index in [0.717, 1.165) is 11.6 Å². The number of aromatic nitrogens is 1. The van der Waals surface area contributed by atoms with E-state index in [4.69, 9.17) is 4.74 Å². The Kier molecular flexibility index (Phi) is 6.97. The van der Waals surface area contributed by atoms with Gasteiger partial charge in [-0.3, -0.25) is 0 Å².